The van der Waals surface area contributed by atoms with Gasteiger partial charge in [-0.2, -0.15) is 13.2 Å². The fraction of sp³-hybridized carbons (Fsp3) is 0.500. The fourth-order valence-electron chi connectivity index (χ4n) is 1.95. The van der Waals surface area contributed by atoms with E-state index in [0.29, 0.717) is 5.69 Å². The van der Waals surface area contributed by atoms with Crippen molar-refractivity contribution >= 4 is 5.69 Å². The zero-order chi connectivity index (χ0) is 12.6. The SMILES string of the molecule is Cc1ccc(C(F)(F)F)cc1NC1CC(N)C1. The zero-order valence-corrected chi connectivity index (χ0v) is 9.51. The predicted octanol–water partition coefficient (Wildman–Crippen LogP) is 2.92. The number of hydrogen-bond donors (Lipinski definition) is 2. The zero-order valence-electron chi connectivity index (χ0n) is 9.51. The van der Waals surface area contributed by atoms with Crippen LogP contribution in [0.5, 0.6) is 0 Å². The Balaban J connectivity index is 2.15. The number of halogens is 3. The molecular weight excluding hydrogens is 229 g/mol. The molecule has 94 valence electrons. The van der Waals surface area contributed by atoms with E-state index < -0.39 is 11.7 Å². The Kier molecular flexibility index (Phi) is 3.03. The molecule has 1 aromatic rings. The molecule has 0 bridgehead atoms. The van der Waals surface area contributed by atoms with E-state index in [2.05, 4.69) is 5.32 Å². The van der Waals surface area contributed by atoms with Gasteiger partial charge in [0.15, 0.2) is 0 Å². The number of aryl methyl sites for hydroxylation is 1. The van der Waals surface area contributed by atoms with Gasteiger partial charge in [-0.05, 0) is 37.5 Å². The number of nitrogens with two attached hydrogens (primary N) is 1. The number of alkyl halides is 3. The van der Waals surface area contributed by atoms with Crippen LogP contribution in [0, 0.1) is 6.92 Å². The van der Waals surface area contributed by atoms with Crippen LogP contribution in [0.25, 0.3) is 0 Å². The molecule has 1 aliphatic carbocycles. The molecular formula is C12H15F3N2. The fourth-order valence-corrected chi connectivity index (χ4v) is 1.95. The Morgan fingerprint density at radius 3 is 2.47 bits per heavy atom. The molecule has 1 saturated carbocycles. The van der Waals surface area contributed by atoms with Gasteiger partial charge in [-0.1, -0.05) is 6.07 Å². The second-order valence-corrected chi connectivity index (χ2v) is 4.60. The maximum absolute atomic E-state index is 12.5. The number of rotatable bonds is 2. The molecule has 0 spiro atoms. The minimum atomic E-state index is -4.29. The van der Waals surface area contributed by atoms with E-state index in [1.807, 2.05) is 0 Å². The third-order valence-corrected chi connectivity index (χ3v) is 3.10. The van der Waals surface area contributed by atoms with Gasteiger partial charge in [0, 0.05) is 17.8 Å². The van der Waals surface area contributed by atoms with Gasteiger partial charge in [-0.25, -0.2) is 0 Å². The summed E-state index contributed by atoms with van der Waals surface area (Å²) >= 11 is 0. The van der Waals surface area contributed by atoms with Crippen LogP contribution in [0.2, 0.25) is 0 Å². The van der Waals surface area contributed by atoms with Crippen molar-refractivity contribution in [2.75, 3.05) is 5.32 Å². The number of nitrogens with one attached hydrogen (secondary N) is 1. The number of hydrogen-bond acceptors (Lipinski definition) is 2. The van der Waals surface area contributed by atoms with Crippen molar-refractivity contribution in [3.05, 3.63) is 29.3 Å². The van der Waals surface area contributed by atoms with Gasteiger partial charge in [0.05, 0.1) is 5.56 Å². The number of anilines is 1. The average Bonchev–Trinajstić information content (AvgIpc) is 2.17. The van der Waals surface area contributed by atoms with E-state index in [-0.39, 0.29) is 12.1 Å². The van der Waals surface area contributed by atoms with Gasteiger partial charge in [-0.3, -0.25) is 0 Å². The minimum absolute atomic E-state index is 0.179. The van der Waals surface area contributed by atoms with Gasteiger partial charge in [-0.15, -0.1) is 0 Å². The Morgan fingerprint density at radius 2 is 1.94 bits per heavy atom. The summed E-state index contributed by atoms with van der Waals surface area (Å²) in [5, 5.41) is 3.11. The van der Waals surface area contributed by atoms with Crippen molar-refractivity contribution in [2.45, 2.75) is 38.0 Å². The third kappa shape index (κ3) is 2.72. The first-order valence-electron chi connectivity index (χ1n) is 5.56. The lowest BCUT2D eigenvalue weighted by atomic mass is 9.87. The summed E-state index contributed by atoms with van der Waals surface area (Å²) in [6, 6.07) is 4.14. The summed E-state index contributed by atoms with van der Waals surface area (Å²) < 4.78 is 37.6. The van der Waals surface area contributed by atoms with Crippen LogP contribution >= 0.6 is 0 Å². The molecule has 0 atom stereocenters. The second kappa shape index (κ2) is 4.22. The molecule has 1 fully saturated rings. The van der Waals surface area contributed by atoms with Crippen molar-refractivity contribution < 1.29 is 13.2 Å². The number of benzene rings is 1. The molecule has 0 unspecified atom stereocenters. The normalized spacial score (nSPS) is 24.3. The van der Waals surface area contributed by atoms with Gasteiger partial charge >= 0.3 is 6.18 Å². The Morgan fingerprint density at radius 1 is 1.29 bits per heavy atom. The molecule has 0 amide bonds. The minimum Gasteiger partial charge on any atom is -0.382 e. The summed E-state index contributed by atoms with van der Waals surface area (Å²) in [4.78, 5) is 0. The van der Waals surface area contributed by atoms with Gasteiger partial charge in [0.25, 0.3) is 0 Å². The highest BCUT2D eigenvalue weighted by atomic mass is 19.4. The maximum Gasteiger partial charge on any atom is 0.416 e. The summed E-state index contributed by atoms with van der Waals surface area (Å²) in [5.41, 5.74) is 6.39. The molecule has 2 rings (SSSR count). The first-order valence-corrected chi connectivity index (χ1v) is 5.56. The van der Waals surface area contributed by atoms with Gasteiger partial charge in [0.1, 0.15) is 0 Å². The average molecular weight is 244 g/mol. The first kappa shape index (κ1) is 12.2. The van der Waals surface area contributed by atoms with E-state index in [1.165, 1.54) is 12.1 Å². The third-order valence-electron chi connectivity index (χ3n) is 3.10. The highest BCUT2D eigenvalue weighted by Crippen LogP contribution is 2.33. The van der Waals surface area contributed by atoms with Crippen LogP contribution in [0.3, 0.4) is 0 Å². The molecule has 2 nitrogen and oxygen atoms in total. The Hall–Kier alpha value is -1.23. The second-order valence-electron chi connectivity index (χ2n) is 4.60. The highest BCUT2D eigenvalue weighted by Gasteiger charge is 2.31. The lowest BCUT2D eigenvalue weighted by Crippen LogP contribution is -2.44. The van der Waals surface area contributed by atoms with Crippen molar-refractivity contribution in [3.63, 3.8) is 0 Å². The molecule has 5 heteroatoms. The van der Waals surface area contributed by atoms with Crippen LogP contribution in [0.15, 0.2) is 18.2 Å². The van der Waals surface area contributed by atoms with E-state index >= 15 is 0 Å². The van der Waals surface area contributed by atoms with Gasteiger partial charge in [0.2, 0.25) is 0 Å². The van der Waals surface area contributed by atoms with Crippen molar-refractivity contribution in [1.82, 2.24) is 0 Å². The largest absolute Gasteiger partial charge is 0.416 e. The summed E-state index contributed by atoms with van der Waals surface area (Å²) in [6.07, 6.45) is -2.66. The lowest BCUT2D eigenvalue weighted by Gasteiger charge is -2.34. The van der Waals surface area contributed by atoms with E-state index in [0.717, 1.165) is 24.5 Å². The molecule has 0 aliphatic heterocycles. The topological polar surface area (TPSA) is 38.0 Å². The van der Waals surface area contributed by atoms with Crippen LogP contribution in [0.4, 0.5) is 18.9 Å². The van der Waals surface area contributed by atoms with Gasteiger partial charge < -0.3 is 11.1 Å². The smallest absolute Gasteiger partial charge is 0.382 e. The molecule has 3 N–H and O–H groups in total. The monoisotopic (exact) mass is 244 g/mol. The predicted molar refractivity (Wildman–Crippen MR) is 60.8 cm³/mol. The van der Waals surface area contributed by atoms with E-state index in [9.17, 15) is 13.2 Å². The standard InChI is InChI=1S/C12H15F3N2/c1-7-2-3-8(12(13,14)15)4-11(7)17-10-5-9(16)6-10/h2-4,9-10,17H,5-6,16H2,1H3. The van der Waals surface area contributed by atoms with Crippen molar-refractivity contribution in [1.29, 1.82) is 0 Å². The molecule has 0 heterocycles. The van der Waals surface area contributed by atoms with Crippen LogP contribution in [-0.2, 0) is 6.18 Å². The molecule has 1 aliphatic rings. The molecule has 0 saturated heterocycles. The quantitative estimate of drug-likeness (QED) is 0.839. The maximum atomic E-state index is 12.5. The summed E-state index contributed by atoms with van der Waals surface area (Å²) in [5.74, 6) is 0. The lowest BCUT2D eigenvalue weighted by molar-refractivity contribution is -0.137. The summed E-state index contributed by atoms with van der Waals surface area (Å²) in [7, 11) is 0. The summed E-state index contributed by atoms with van der Waals surface area (Å²) in [6.45, 7) is 1.79. The Bertz CT molecular complexity index is 409. The highest BCUT2D eigenvalue weighted by molar-refractivity contribution is 5.54. The van der Waals surface area contributed by atoms with Crippen molar-refractivity contribution in [3.8, 4) is 0 Å². The molecule has 0 radical (unpaired) electrons. The molecule has 1 aromatic carbocycles. The van der Waals surface area contributed by atoms with E-state index in [4.69, 9.17) is 5.73 Å². The first-order chi connectivity index (χ1) is 7.86. The van der Waals surface area contributed by atoms with E-state index in [1.54, 1.807) is 6.92 Å². The van der Waals surface area contributed by atoms with Crippen LogP contribution in [0.1, 0.15) is 24.0 Å². The Labute approximate surface area is 98.0 Å². The van der Waals surface area contributed by atoms with Crippen LogP contribution < -0.4 is 11.1 Å². The van der Waals surface area contributed by atoms with Crippen molar-refractivity contribution in [2.24, 2.45) is 5.73 Å². The van der Waals surface area contributed by atoms with Crippen LogP contribution in [-0.4, -0.2) is 12.1 Å². The molecule has 0 aromatic heterocycles. The molecule has 17 heavy (non-hydrogen) atoms.